The molecule has 0 unspecified atom stereocenters. The van der Waals surface area contributed by atoms with E-state index in [1.165, 1.54) is 4.90 Å². The van der Waals surface area contributed by atoms with Crippen molar-refractivity contribution >= 4 is 11.8 Å². The standard InChI is InChI=1S/C10H17N3O3/c11-7-1-2-10(15)13(3-7)4-9(14)12-8-5-16-6-8/h7-8H,1-6,11H2,(H,12,14)/t7-/m1/s1. The molecule has 0 spiro atoms. The molecule has 6 heteroatoms. The Morgan fingerprint density at radius 3 is 2.94 bits per heavy atom. The summed E-state index contributed by atoms with van der Waals surface area (Å²) in [5, 5.41) is 2.80. The number of nitrogens with one attached hydrogen (secondary N) is 1. The molecule has 2 amide bonds. The van der Waals surface area contributed by atoms with Gasteiger partial charge in [0.1, 0.15) is 0 Å². The molecule has 0 bridgehead atoms. The van der Waals surface area contributed by atoms with Crippen molar-refractivity contribution in [2.45, 2.75) is 24.9 Å². The maximum absolute atomic E-state index is 11.6. The van der Waals surface area contributed by atoms with Crippen LogP contribution in [0, 0.1) is 0 Å². The Balaban J connectivity index is 1.77. The fourth-order valence-electron chi connectivity index (χ4n) is 1.86. The fourth-order valence-corrected chi connectivity index (χ4v) is 1.86. The van der Waals surface area contributed by atoms with Gasteiger partial charge in [-0.05, 0) is 6.42 Å². The molecule has 0 aromatic carbocycles. The van der Waals surface area contributed by atoms with E-state index in [4.69, 9.17) is 10.5 Å². The van der Waals surface area contributed by atoms with E-state index < -0.39 is 0 Å². The number of piperidine rings is 1. The third-order valence-corrected chi connectivity index (χ3v) is 2.87. The lowest BCUT2D eigenvalue weighted by molar-refractivity contribution is -0.139. The number of ether oxygens (including phenoxy) is 1. The van der Waals surface area contributed by atoms with Gasteiger partial charge in [-0.15, -0.1) is 0 Å². The van der Waals surface area contributed by atoms with Gasteiger partial charge in [-0.3, -0.25) is 9.59 Å². The highest BCUT2D eigenvalue weighted by molar-refractivity contribution is 5.85. The molecule has 6 nitrogen and oxygen atoms in total. The van der Waals surface area contributed by atoms with Gasteiger partial charge >= 0.3 is 0 Å². The molecule has 0 aliphatic carbocycles. The Bertz CT molecular complexity index is 291. The SMILES string of the molecule is N[C@@H]1CCC(=O)N(CC(=O)NC2COC2)C1. The zero-order valence-electron chi connectivity index (χ0n) is 9.15. The first-order valence-corrected chi connectivity index (χ1v) is 5.55. The van der Waals surface area contributed by atoms with Gasteiger partial charge in [-0.1, -0.05) is 0 Å². The van der Waals surface area contributed by atoms with E-state index in [9.17, 15) is 9.59 Å². The van der Waals surface area contributed by atoms with Crippen molar-refractivity contribution < 1.29 is 14.3 Å². The van der Waals surface area contributed by atoms with Gasteiger partial charge in [0, 0.05) is 19.0 Å². The number of rotatable bonds is 3. The van der Waals surface area contributed by atoms with E-state index in [0.29, 0.717) is 32.6 Å². The molecule has 2 aliphatic heterocycles. The topological polar surface area (TPSA) is 84.7 Å². The summed E-state index contributed by atoms with van der Waals surface area (Å²) >= 11 is 0. The number of carbonyl (C=O) groups excluding carboxylic acids is 2. The maximum atomic E-state index is 11.6. The number of amides is 2. The molecule has 2 rings (SSSR count). The Labute approximate surface area is 94.1 Å². The van der Waals surface area contributed by atoms with E-state index in [2.05, 4.69) is 5.32 Å². The first-order valence-electron chi connectivity index (χ1n) is 5.55. The third-order valence-electron chi connectivity index (χ3n) is 2.87. The lowest BCUT2D eigenvalue weighted by Crippen LogP contribution is -2.54. The third kappa shape index (κ3) is 2.70. The number of likely N-dealkylation sites (tertiary alicyclic amines) is 1. The fraction of sp³-hybridized carbons (Fsp3) is 0.800. The summed E-state index contributed by atoms with van der Waals surface area (Å²) in [4.78, 5) is 24.6. The van der Waals surface area contributed by atoms with Crippen LogP contribution in [0.1, 0.15) is 12.8 Å². The predicted octanol–water partition coefficient (Wildman–Crippen LogP) is -1.55. The molecule has 0 saturated carbocycles. The molecule has 1 atom stereocenters. The monoisotopic (exact) mass is 227 g/mol. The Morgan fingerprint density at radius 2 is 2.31 bits per heavy atom. The first kappa shape index (κ1) is 11.3. The van der Waals surface area contributed by atoms with Gasteiger partial charge in [0.25, 0.3) is 0 Å². The summed E-state index contributed by atoms with van der Waals surface area (Å²) in [6.45, 7) is 1.73. The zero-order chi connectivity index (χ0) is 11.5. The van der Waals surface area contributed by atoms with E-state index in [0.717, 1.165) is 0 Å². The van der Waals surface area contributed by atoms with Crippen molar-refractivity contribution in [2.75, 3.05) is 26.3 Å². The van der Waals surface area contributed by atoms with E-state index in [-0.39, 0.29) is 30.4 Å². The van der Waals surface area contributed by atoms with E-state index in [1.807, 2.05) is 0 Å². The van der Waals surface area contributed by atoms with Crippen molar-refractivity contribution in [3.8, 4) is 0 Å². The highest BCUT2D eigenvalue weighted by atomic mass is 16.5. The van der Waals surface area contributed by atoms with Gasteiger partial charge in [-0.2, -0.15) is 0 Å². The molecule has 2 aliphatic rings. The van der Waals surface area contributed by atoms with Gasteiger partial charge in [0.2, 0.25) is 11.8 Å². The first-order chi connectivity index (χ1) is 7.65. The number of carbonyl (C=O) groups is 2. The van der Waals surface area contributed by atoms with Crippen LogP contribution in [0.15, 0.2) is 0 Å². The van der Waals surface area contributed by atoms with Crippen LogP contribution in [-0.4, -0.2) is 55.1 Å². The van der Waals surface area contributed by atoms with Gasteiger partial charge in [0.15, 0.2) is 0 Å². The average Bonchev–Trinajstić information content (AvgIpc) is 2.18. The minimum atomic E-state index is -0.129. The van der Waals surface area contributed by atoms with Crippen LogP contribution in [0.5, 0.6) is 0 Å². The van der Waals surface area contributed by atoms with Gasteiger partial charge in [-0.25, -0.2) is 0 Å². The highest BCUT2D eigenvalue weighted by Gasteiger charge is 2.26. The largest absolute Gasteiger partial charge is 0.377 e. The lowest BCUT2D eigenvalue weighted by Gasteiger charge is -2.32. The number of hydrogen-bond acceptors (Lipinski definition) is 4. The lowest BCUT2D eigenvalue weighted by atomic mass is 10.1. The summed E-state index contributed by atoms with van der Waals surface area (Å²) in [5.41, 5.74) is 5.76. The minimum Gasteiger partial charge on any atom is -0.377 e. The summed E-state index contributed by atoms with van der Waals surface area (Å²) in [6.07, 6.45) is 1.16. The molecule has 0 aromatic rings. The molecule has 3 N–H and O–H groups in total. The van der Waals surface area contributed by atoms with Crippen LogP contribution in [0.4, 0.5) is 0 Å². The predicted molar refractivity (Wildman–Crippen MR) is 56.5 cm³/mol. The molecular weight excluding hydrogens is 210 g/mol. The molecule has 2 fully saturated rings. The molecule has 2 saturated heterocycles. The maximum Gasteiger partial charge on any atom is 0.240 e. The van der Waals surface area contributed by atoms with Crippen LogP contribution < -0.4 is 11.1 Å². The van der Waals surface area contributed by atoms with E-state index in [1.54, 1.807) is 0 Å². The summed E-state index contributed by atoms with van der Waals surface area (Å²) in [7, 11) is 0. The average molecular weight is 227 g/mol. The second-order valence-corrected chi connectivity index (χ2v) is 4.37. The normalized spacial score (nSPS) is 26.4. The second kappa shape index (κ2) is 4.80. The molecule has 0 radical (unpaired) electrons. The zero-order valence-corrected chi connectivity index (χ0v) is 9.15. The Morgan fingerprint density at radius 1 is 1.56 bits per heavy atom. The highest BCUT2D eigenvalue weighted by Crippen LogP contribution is 2.09. The quantitative estimate of drug-likeness (QED) is 0.611. The number of nitrogens with zero attached hydrogens (tertiary/aromatic N) is 1. The Kier molecular flexibility index (Phi) is 3.40. The minimum absolute atomic E-state index is 0.00228. The van der Waals surface area contributed by atoms with Crippen molar-refractivity contribution in [2.24, 2.45) is 5.73 Å². The molecule has 16 heavy (non-hydrogen) atoms. The summed E-state index contributed by atoms with van der Waals surface area (Å²) < 4.78 is 4.95. The van der Waals surface area contributed by atoms with Gasteiger partial charge in [0.05, 0.1) is 25.8 Å². The number of nitrogens with two attached hydrogens (primary N) is 1. The van der Waals surface area contributed by atoms with E-state index >= 15 is 0 Å². The van der Waals surface area contributed by atoms with Crippen molar-refractivity contribution in [1.82, 2.24) is 10.2 Å². The van der Waals surface area contributed by atoms with Crippen LogP contribution >= 0.6 is 0 Å². The molecular formula is C10H17N3O3. The Hall–Kier alpha value is -1.14. The molecule has 0 aromatic heterocycles. The van der Waals surface area contributed by atoms with Crippen LogP contribution in [0.25, 0.3) is 0 Å². The second-order valence-electron chi connectivity index (χ2n) is 4.37. The van der Waals surface area contributed by atoms with Gasteiger partial charge < -0.3 is 20.7 Å². The van der Waals surface area contributed by atoms with Crippen molar-refractivity contribution in [1.29, 1.82) is 0 Å². The number of hydrogen-bond donors (Lipinski definition) is 2. The summed E-state index contributed by atoms with van der Waals surface area (Å²) in [6, 6.07) is 0.110. The van der Waals surface area contributed by atoms with Crippen molar-refractivity contribution in [3.63, 3.8) is 0 Å². The summed E-state index contributed by atoms with van der Waals surface area (Å²) in [5.74, 6) is -0.113. The van der Waals surface area contributed by atoms with Crippen LogP contribution in [-0.2, 0) is 14.3 Å². The van der Waals surface area contributed by atoms with Crippen LogP contribution in [0.3, 0.4) is 0 Å². The van der Waals surface area contributed by atoms with Crippen LogP contribution in [0.2, 0.25) is 0 Å². The molecule has 2 heterocycles. The van der Waals surface area contributed by atoms with Crippen molar-refractivity contribution in [3.05, 3.63) is 0 Å². The smallest absolute Gasteiger partial charge is 0.240 e. The molecule has 90 valence electrons.